The monoisotopic (exact) mass is 471 g/mol. The first-order chi connectivity index (χ1) is 16.0. The average molecular weight is 472 g/mol. The van der Waals surface area contributed by atoms with Crippen LogP contribution in [0.5, 0.6) is 0 Å². The molecule has 0 aromatic heterocycles. The number of nitrogens with zero attached hydrogens (tertiary/aromatic N) is 2. The molecule has 1 N–H and O–H groups in total. The van der Waals surface area contributed by atoms with E-state index in [1.807, 2.05) is 37.3 Å². The van der Waals surface area contributed by atoms with Gasteiger partial charge in [0.25, 0.3) is 5.69 Å². The summed E-state index contributed by atoms with van der Waals surface area (Å²) in [7, 11) is 0. The SMILES string of the molecule is CCCCNC(=O)C(CC)N(CCc1ccccc1)C(=O)CSCc1ccc([N+](=O)[O-])cc1. The third-order valence-electron chi connectivity index (χ3n) is 5.34. The van der Waals surface area contributed by atoms with Gasteiger partial charge in [-0.1, -0.05) is 62.7 Å². The zero-order chi connectivity index (χ0) is 24.1. The Morgan fingerprint density at radius 2 is 1.76 bits per heavy atom. The predicted molar refractivity (Wildman–Crippen MR) is 133 cm³/mol. The van der Waals surface area contributed by atoms with Gasteiger partial charge in [0.1, 0.15) is 6.04 Å². The fourth-order valence-electron chi connectivity index (χ4n) is 3.46. The van der Waals surface area contributed by atoms with Crippen molar-refractivity contribution in [1.82, 2.24) is 10.2 Å². The van der Waals surface area contributed by atoms with E-state index in [-0.39, 0.29) is 23.3 Å². The summed E-state index contributed by atoms with van der Waals surface area (Å²) in [5, 5.41) is 13.8. The van der Waals surface area contributed by atoms with Crippen molar-refractivity contribution < 1.29 is 14.5 Å². The maximum Gasteiger partial charge on any atom is 0.269 e. The molecule has 2 rings (SSSR count). The zero-order valence-corrected chi connectivity index (χ0v) is 20.2. The van der Waals surface area contributed by atoms with Gasteiger partial charge in [-0.15, -0.1) is 11.8 Å². The molecule has 1 atom stereocenters. The fraction of sp³-hybridized carbons (Fsp3) is 0.440. The van der Waals surface area contributed by atoms with Crippen LogP contribution < -0.4 is 5.32 Å². The molecule has 1 unspecified atom stereocenters. The van der Waals surface area contributed by atoms with E-state index in [9.17, 15) is 19.7 Å². The second-order valence-corrected chi connectivity index (χ2v) is 8.79. The number of amides is 2. The molecule has 0 spiro atoms. The van der Waals surface area contributed by atoms with Crippen molar-refractivity contribution >= 4 is 29.3 Å². The molecule has 2 aromatic carbocycles. The van der Waals surface area contributed by atoms with E-state index in [1.165, 1.54) is 23.9 Å². The zero-order valence-electron chi connectivity index (χ0n) is 19.4. The molecule has 0 bridgehead atoms. The molecule has 8 heteroatoms. The number of nitrogens with one attached hydrogen (secondary N) is 1. The topological polar surface area (TPSA) is 92.6 Å². The summed E-state index contributed by atoms with van der Waals surface area (Å²) in [6, 6.07) is 15.8. The molecular weight excluding hydrogens is 438 g/mol. The lowest BCUT2D eigenvalue weighted by molar-refractivity contribution is -0.384. The first-order valence-corrected chi connectivity index (χ1v) is 12.5. The van der Waals surface area contributed by atoms with Crippen LogP contribution in [0.3, 0.4) is 0 Å². The Labute approximate surface area is 200 Å². The van der Waals surface area contributed by atoms with Crippen LogP contribution in [-0.2, 0) is 21.8 Å². The van der Waals surface area contributed by atoms with Crippen LogP contribution in [0.4, 0.5) is 5.69 Å². The minimum Gasteiger partial charge on any atom is -0.354 e. The number of carbonyl (C=O) groups is 2. The Kier molecular flexibility index (Phi) is 11.4. The van der Waals surface area contributed by atoms with Crippen molar-refractivity contribution in [1.29, 1.82) is 0 Å². The summed E-state index contributed by atoms with van der Waals surface area (Å²) in [5.41, 5.74) is 2.08. The molecule has 0 aliphatic rings. The minimum absolute atomic E-state index is 0.0480. The first-order valence-electron chi connectivity index (χ1n) is 11.4. The highest BCUT2D eigenvalue weighted by molar-refractivity contribution is 7.99. The molecule has 0 aliphatic heterocycles. The van der Waals surface area contributed by atoms with Crippen LogP contribution in [0.15, 0.2) is 54.6 Å². The Morgan fingerprint density at radius 1 is 1.06 bits per heavy atom. The number of hydrogen-bond donors (Lipinski definition) is 1. The molecule has 0 heterocycles. The van der Waals surface area contributed by atoms with Gasteiger partial charge in [-0.2, -0.15) is 0 Å². The van der Waals surface area contributed by atoms with E-state index in [0.29, 0.717) is 31.7 Å². The van der Waals surface area contributed by atoms with Crippen LogP contribution in [0.25, 0.3) is 0 Å². The van der Waals surface area contributed by atoms with Gasteiger partial charge in [0.15, 0.2) is 0 Å². The number of thioether (sulfide) groups is 1. The average Bonchev–Trinajstić information content (AvgIpc) is 2.82. The normalized spacial score (nSPS) is 11.6. The lowest BCUT2D eigenvalue weighted by Crippen LogP contribution is -2.50. The van der Waals surface area contributed by atoms with Gasteiger partial charge < -0.3 is 10.2 Å². The highest BCUT2D eigenvalue weighted by atomic mass is 32.2. The van der Waals surface area contributed by atoms with Crippen molar-refractivity contribution in [3.8, 4) is 0 Å². The summed E-state index contributed by atoms with van der Waals surface area (Å²) >= 11 is 1.45. The summed E-state index contributed by atoms with van der Waals surface area (Å²) in [6.45, 7) is 5.08. The number of carbonyl (C=O) groups excluding carboxylic acids is 2. The summed E-state index contributed by atoms with van der Waals surface area (Å²) in [4.78, 5) is 38.1. The number of rotatable bonds is 14. The molecule has 0 saturated carbocycles. The van der Waals surface area contributed by atoms with Gasteiger partial charge >= 0.3 is 0 Å². The number of non-ortho nitro benzene ring substituents is 1. The Balaban J connectivity index is 2.02. The lowest BCUT2D eigenvalue weighted by atomic mass is 10.1. The van der Waals surface area contributed by atoms with Crippen molar-refractivity contribution in [2.24, 2.45) is 0 Å². The molecule has 0 radical (unpaired) electrons. The molecule has 0 fully saturated rings. The van der Waals surface area contributed by atoms with E-state index < -0.39 is 11.0 Å². The van der Waals surface area contributed by atoms with Gasteiger partial charge in [0.05, 0.1) is 10.7 Å². The van der Waals surface area contributed by atoms with E-state index >= 15 is 0 Å². The second kappa shape index (κ2) is 14.3. The molecule has 2 amide bonds. The van der Waals surface area contributed by atoms with Gasteiger partial charge in [-0.3, -0.25) is 19.7 Å². The quantitative estimate of drug-likeness (QED) is 0.247. The number of benzene rings is 2. The van der Waals surface area contributed by atoms with Gasteiger partial charge in [0.2, 0.25) is 11.8 Å². The number of nitro groups is 1. The molecule has 178 valence electrons. The molecule has 2 aromatic rings. The van der Waals surface area contributed by atoms with E-state index in [1.54, 1.807) is 17.0 Å². The molecule has 7 nitrogen and oxygen atoms in total. The van der Waals surface area contributed by atoms with Gasteiger partial charge in [0, 0.05) is 31.0 Å². The van der Waals surface area contributed by atoms with E-state index in [2.05, 4.69) is 12.2 Å². The second-order valence-electron chi connectivity index (χ2n) is 7.81. The Morgan fingerprint density at radius 3 is 2.36 bits per heavy atom. The third kappa shape index (κ3) is 8.88. The number of unbranched alkanes of at least 4 members (excludes halogenated alkanes) is 1. The summed E-state index contributed by atoms with van der Waals surface area (Å²) in [6.07, 6.45) is 3.13. The Bertz CT molecular complexity index is 890. The third-order valence-corrected chi connectivity index (χ3v) is 6.33. The molecule has 0 saturated heterocycles. The summed E-state index contributed by atoms with van der Waals surface area (Å²) < 4.78 is 0. The smallest absolute Gasteiger partial charge is 0.269 e. The number of nitro benzene ring substituents is 1. The van der Waals surface area contributed by atoms with Gasteiger partial charge in [-0.05, 0) is 30.4 Å². The largest absolute Gasteiger partial charge is 0.354 e. The fourth-order valence-corrected chi connectivity index (χ4v) is 4.33. The first kappa shape index (κ1) is 26.4. The maximum atomic E-state index is 13.2. The molecular formula is C25H33N3O4S. The highest BCUT2D eigenvalue weighted by Crippen LogP contribution is 2.18. The minimum atomic E-state index is -0.502. The summed E-state index contributed by atoms with van der Waals surface area (Å²) in [5.74, 6) is 0.628. The molecule has 33 heavy (non-hydrogen) atoms. The highest BCUT2D eigenvalue weighted by Gasteiger charge is 2.27. The molecule has 0 aliphatic carbocycles. The van der Waals surface area contributed by atoms with Gasteiger partial charge in [-0.25, -0.2) is 0 Å². The Hall–Kier alpha value is -2.87. The van der Waals surface area contributed by atoms with E-state index in [0.717, 1.165) is 24.0 Å². The number of hydrogen-bond acceptors (Lipinski definition) is 5. The van der Waals surface area contributed by atoms with Crippen LogP contribution in [0, 0.1) is 10.1 Å². The van der Waals surface area contributed by atoms with Crippen molar-refractivity contribution in [3.05, 3.63) is 75.8 Å². The van der Waals surface area contributed by atoms with Crippen LogP contribution in [-0.4, -0.2) is 46.5 Å². The van der Waals surface area contributed by atoms with Crippen LogP contribution >= 0.6 is 11.8 Å². The lowest BCUT2D eigenvalue weighted by Gasteiger charge is -2.30. The van der Waals surface area contributed by atoms with Crippen molar-refractivity contribution in [3.63, 3.8) is 0 Å². The van der Waals surface area contributed by atoms with Crippen LogP contribution in [0.2, 0.25) is 0 Å². The van der Waals surface area contributed by atoms with Crippen molar-refractivity contribution in [2.45, 2.75) is 51.3 Å². The van der Waals surface area contributed by atoms with Crippen molar-refractivity contribution in [2.75, 3.05) is 18.8 Å². The maximum absolute atomic E-state index is 13.2. The predicted octanol–water partition coefficient (Wildman–Crippen LogP) is 4.59. The standard InChI is InChI=1S/C25H33N3O4S/c1-3-5-16-26-25(30)23(4-2)27(17-15-20-9-7-6-8-10-20)24(29)19-33-18-21-11-13-22(14-12-21)28(31)32/h6-14,23H,3-5,15-19H2,1-2H3,(H,26,30). The van der Waals surface area contributed by atoms with E-state index in [4.69, 9.17) is 0 Å². The van der Waals surface area contributed by atoms with Crippen LogP contribution in [0.1, 0.15) is 44.2 Å².